The Kier molecular flexibility index (Phi) is 7.79. The fraction of sp³-hybridized carbons (Fsp3) is 0.900. The molecular formula is C30H49BrO2. The van der Waals surface area contributed by atoms with Gasteiger partial charge in [-0.2, -0.15) is 0 Å². The van der Waals surface area contributed by atoms with Gasteiger partial charge < -0.3 is 5.11 Å². The Bertz CT molecular complexity index is 744. The molecule has 33 heavy (non-hydrogen) atoms. The number of alkyl halides is 1. The minimum Gasteiger partial charge on any atom is -0.481 e. The zero-order valence-electron chi connectivity index (χ0n) is 21.9. The second-order valence-electron chi connectivity index (χ2n) is 13.4. The van der Waals surface area contributed by atoms with Gasteiger partial charge in [-0.25, -0.2) is 0 Å². The lowest BCUT2D eigenvalue weighted by molar-refractivity contribution is -0.143. The van der Waals surface area contributed by atoms with Gasteiger partial charge in [0, 0.05) is 5.33 Å². The first kappa shape index (κ1) is 25.8. The van der Waals surface area contributed by atoms with E-state index in [1.165, 1.54) is 57.8 Å². The molecule has 0 spiro atoms. The number of hydrogen-bond acceptors (Lipinski definition) is 1. The molecule has 0 amide bonds. The van der Waals surface area contributed by atoms with E-state index in [9.17, 15) is 9.90 Å². The number of rotatable bonds is 8. The van der Waals surface area contributed by atoms with E-state index >= 15 is 0 Å². The topological polar surface area (TPSA) is 37.3 Å². The molecule has 188 valence electrons. The third-order valence-electron chi connectivity index (χ3n) is 11.4. The highest BCUT2D eigenvalue weighted by atomic mass is 79.9. The number of allylic oxidation sites excluding steroid dienone is 2. The second kappa shape index (κ2) is 9.98. The van der Waals surface area contributed by atoms with Crippen LogP contribution < -0.4 is 0 Å². The van der Waals surface area contributed by atoms with E-state index in [4.69, 9.17) is 0 Å². The molecule has 0 aromatic rings. The molecule has 4 aliphatic carbocycles. The Balaban J connectivity index is 1.48. The number of carboxylic acids is 1. The lowest BCUT2D eigenvalue weighted by Crippen LogP contribution is -2.51. The first-order valence-electron chi connectivity index (χ1n) is 14.1. The van der Waals surface area contributed by atoms with Gasteiger partial charge in [-0.1, -0.05) is 81.5 Å². The van der Waals surface area contributed by atoms with Crippen molar-refractivity contribution < 1.29 is 9.90 Å². The summed E-state index contributed by atoms with van der Waals surface area (Å²) in [5.74, 6) is 4.63. The van der Waals surface area contributed by atoms with Crippen molar-refractivity contribution in [2.45, 2.75) is 105 Å². The number of aliphatic carboxylic acids is 1. The molecule has 0 aliphatic heterocycles. The number of carbonyl (C=O) groups is 1. The van der Waals surface area contributed by atoms with E-state index in [0.29, 0.717) is 22.1 Å². The summed E-state index contributed by atoms with van der Waals surface area (Å²) in [6, 6.07) is 0. The quantitative estimate of drug-likeness (QED) is 0.256. The van der Waals surface area contributed by atoms with Gasteiger partial charge >= 0.3 is 5.97 Å². The summed E-state index contributed by atoms with van der Waals surface area (Å²) < 4.78 is 0. The minimum absolute atomic E-state index is 0.240. The fourth-order valence-electron chi connectivity index (χ4n) is 9.45. The van der Waals surface area contributed by atoms with E-state index in [0.717, 1.165) is 48.3 Å². The number of carboxylic acid groups (broad SMARTS) is 1. The molecule has 3 fully saturated rings. The van der Waals surface area contributed by atoms with Crippen LogP contribution in [0.2, 0.25) is 0 Å². The van der Waals surface area contributed by atoms with Crippen molar-refractivity contribution in [1.82, 2.24) is 0 Å². The first-order chi connectivity index (χ1) is 15.6. The number of halogens is 1. The zero-order chi connectivity index (χ0) is 24.0. The highest BCUT2D eigenvalue weighted by molar-refractivity contribution is 9.09. The van der Waals surface area contributed by atoms with Crippen molar-refractivity contribution in [2.75, 3.05) is 5.33 Å². The molecule has 3 heteroatoms. The van der Waals surface area contributed by atoms with Crippen molar-refractivity contribution >= 4 is 21.9 Å². The third kappa shape index (κ3) is 4.63. The molecule has 0 heterocycles. The van der Waals surface area contributed by atoms with Gasteiger partial charge in [0.25, 0.3) is 0 Å². The van der Waals surface area contributed by atoms with E-state index in [1.54, 1.807) is 5.57 Å². The summed E-state index contributed by atoms with van der Waals surface area (Å²) in [6.45, 7) is 12.5. The molecule has 0 bridgehead atoms. The van der Waals surface area contributed by atoms with Crippen LogP contribution in [0.25, 0.3) is 0 Å². The molecular weight excluding hydrogens is 472 g/mol. The molecule has 1 unspecified atom stereocenters. The van der Waals surface area contributed by atoms with Crippen molar-refractivity contribution in [2.24, 2.45) is 58.2 Å². The smallest absolute Gasteiger partial charge is 0.307 e. The molecule has 4 aliphatic rings. The van der Waals surface area contributed by atoms with Crippen LogP contribution in [0.5, 0.6) is 0 Å². The molecule has 1 N–H and O–H groups in total. The predicted octanol–water partition coefficient (Wildman–Crippen LogP) is 8.74. The van der Waals surface area contributed by atoms with Crippen LogP contribution in [0.3, 0.4) is 0 Å². The van der Waals surface area contributed by atoms with Crippen LogP contribution in [0, 0.1) is 58.2 Å². The van der Waals surface area contributed by atoms with E-state index < -0.39 is 5.97 Å². The van der Waals surface area contributed by atoms with Crippen LogP contribution in [0.4, 0.5) is 0 Å². The minimum atomic E-state index is -0.622. The Labute approximate surface area is 211 Å². The first-order valence-corrected chi connectivity index (χ1v) is 15.2. The number of hydrogen-bond donors (Lipinski definition) is 1. The highest BCUT2D eigenvalue weighted by Crippen LogP contribution is 2.67. The normalized spacial score (nSPS) is 42.2. The average Bonchev–Trinajstić information content (AvgIpc) is 3.11. The molecule has 9 atom stereocenters. The summed E-state index contributed by atoms with van der Waals surface area (Å²) >= 11 is 3.48. The van der Waals surface area contributed by atoms with Crippen LogP contribution >= 0.6 is 15.9 Å². The Morgan fingerprint density at radius 3 is 2.52 bits per heavy atom. The van der Waals surface area contributed by atoms with Crippen LogP contribution in [0.15, 0.2) is 11.6 Å². The third-order valence-corrected chi connectivity index (χ3v) is 12.1. The largest absolute Gasteiger partial charge is 0.481 e. The van der Waals surface area contributed by atoms with Gasteiger partial charge in [0.05, 0.1) is 5.92 Å². The van der Waals surface area contributed by atoms with Gasteiger partial charge in [0.2, 0.25) is 0 Å². The second-order valence-corrected chi connectivity index (χ2v) is 14.0. The summed E-state index contributed by atoms with van der Waals surface area (Å²) in [5, 5.41) is 10.3. The Hall–Kier alpha value is -0.310. The van der Waals surface area contributed by atoms with Crippen molar-refractivity contribution in [3.05, 3.63) is 11.6 Å². The summed E-state index contributed by atoms with van der Waals surface area (Å²) in [4.78, 5) is 11.8. The molecule has 3 saturated carbocycles. The molecule has 0 aromatic heterocycles. The van der Waals surface area contributed by atoms with Crippen molar-refractivity contribution in [3.8, 4) is 0 Å². The molecule has 4 rings (SSSR count). The molecule has 0 saturated heterocycles. The number of fused-ring (bicyclic) bond motifs is 5. The average molecular weight is 522 g/mol. The Morgan fingerprint density at radius 2 is 1.85 bits per heavy atom. The molecule has 0 radical (unpaired) electrons. The van der Waals surface area contributed by atoms with E-state index in [2.05, 4.69) is 56.6 Å². The maximum Gasteiger partial charge on any atom is 0.307 e. The lowest BCUT2D eigenvalue weighted by atomic mass is 9.46. The predicted molar refractivity (Wildman–Crippen MR) is 141 cm³/mol. The zero-order valence-corrected chi connectivity index (χ0v) is 23.5. The maximum atomic E-state index is 11.8. The fourth-order valence-corrected chi connectivity index (χ4v) is 10.3. The van der Waals surface area contributed by atoms with E-state index in [1.807, 2.05) is 0 Å². The Morgan fingerprint density at radius 1 is 1.09 bits per heavy atom. The van der Waals surface area contributed by atoms with Crippen LogP contribution in [-0.2, 0) is 4.79 Å². The molecule has 2 nitrogen and oxygen atoms in total. The van der Waals surface area contributed by atoms with Crippen LogP contribution in [0.1, 0.15) is 105 Å². The highest BCUT2D eigenvalue weighted by Gasteiger charge is 2.59. The van der Waals surface area contributed by atoms with Crippen molar-refractivity contribution in [3.63, 3.8) is 0 Å². The van der Waals surface area contributed by atoms with Gasteiger partial charge in [0.15, 0.2) is 0 Å². The van der Waals surface area contributed by atoms with Gasteiger partial charge in [-0.3, -0.25) is 4.79 Å². The van der Waals surface area contributed by atoms with Crippen LogP contribution in [-0.4, -0.2) is 16.4 Å². The summed E-state index contributed by atoms with van der Waals surface area (Å²) in [6.07, 6.45) is 17.1. The SMILES string of the molecule is CC(C)CCC[C@@H](C)[C@H]1CC[C@H]2[C@@H]3CC=C4C[C@@H](C(CBr)C(=O)O)CC[C@]4(C)[C@H]3CC[C@]12C. The van der Waals surface area contributed by atoms with Crippen molar-refractivity contribution in [1.29, 1.82) is 0 Å². The summed E-state index contributed by atoms with van der Waals surface area (Å²) in [7, 11) is 0. The van der Waals surface area contributed by atoms with Gasteiger partial charge in [0.1, 0.15) is 0 Å². The van der Waals surface area contributed by atoms with Gasteiger partial charge in [-0.05, 0) is 104 Å². The monoisotopic (exact) mass is 520 g/mol. The molecule has 0 aromatic carbocycles. The summed E-state index contributed by atoms with van der Waals surface area (Å²) in [5.41, 5.74) is 2.48. The standard InChI is InChI=1S/C30H49BrO2/c1-19(2)7-6-8-20(3)25-11-12-26-23-10-9-22-17-21(24(18-31)28(32)33)13-15-29(22,4)27(23)14-16-30(25,26)5/h9,19-21,23-27H,6-8,10-18H2,1-5H3,(H,32,33)/t20-,21+,23+,24?,25-,26+,27+,29+,30-/m1/s1. The maximum absolute atomic E-state index is 11.8. The lowest BCUT2D eigenvalue weighted by Gasteiger charge is -2.59. The van der Waals surface area contributed by atoms with E-state index in [-0.39, 0.29) is 5.92 Å². The van der Waals surface area contributed by atoms with Gasteiger partial charge in [-0.15, -0.1) is 0 Å².